The predicted molar refractivity (Wildman–Crippen MR) is 112 cm³/mol. The van der Waals surface area contributed by atoms with E-state index in [2.05, 4.69) is 5.32 Å². The van der Waals surface area contributed by atoms with E-state index < -0.39 is 5.97 Å². The lowest BCUT2D eigenvalue weighted by molar-refractivity contribution is -0.134. The molecule has 0 saturated carbocycles. The Morgan fingerprint density at radius 2 is 2.17 bits per heavy atom. The molecule has 148 valence electrons. The smallest absolute Gasteiger partial charge is 0.322 e. The monoisotopic (exact) mass is 391 g/mol. The number of fused-ring (bicyclic) bond motifs is 2. The van der Waals surface area contributed by atoms with Gasteiger partial charge in [-0.1, -0.05) is 12.1 Å². The van der Waals surface area contributed by atoms with Crippen molar-refractivity contribution >= 4 is 34.2 Å². The summed E-state index contributed by atoms with van der Waals surface area (Å²) >= 11 is 0. The number of aliphatic carboxylic acids is 1. The van der Waals surface area contributed by atoms with E-state index in [1.165, 1.54) is 0 Å². The highest BCUT2D eigenvalue weighted by Gasteiger charge is 2.21. The topological polar surface area (TPSA) is 93.4 Å². The average Bonchev–Trinajstić information content (AvgIpc) is 3.10. The molecule has 2 aromatic carbocycles. The molecule has 1 aliphatic heterocycles. The number of benzene rings is 2. The Labute approximate surface area is 167 Å². The number of aromatic nitrogens is 2. The zero-order valence-electron chi connectivity index (χ0n) is 16.0. The third kappa shape index (κ3) is 3.85. The van der Waals surface area contributed by atoms with Crippen LogP contribution in [0.15, 0.2) is 47.3 Å². The van der Waals surface area contributed by atoms with Gasteiger partial charge in [0.2, 0.25) is 0 Å². The fraction of sp³-hybridized carbons (Fsp3) is 0.227. The summed E-state index contributed by atoms with van der Waals surface area (Å²) in [5, 5.41) is 12.2. The van der Waals surface area contributed by atoms with Crippen LogP contribution in [0.3, 0.4) is 0 Å². The fourth-order valence-electron chi connectivity index (χ4n) is 3.50. The van der Waals surface area contributed by atoms with E-state index in [0.717, 1.165) is 23.3 Å². The van der Waals surface area contributed by atoms with Crippen molar-refractivity contribution in [2.24, 2.45) is 0 Å². The Balaban J connectivity index is 1.74. The van der Waals surface area contributed by atoms with Crippen LogP contribution < -0.4 is 15.6 Å². The van der Waals surface area contributed by atoms with E-state index in [-0.39, 0.29) is 12.1 Å². The SMILES string of the molecule is CCOc1cccc(C=C2CCn3c2nc2cc(NCC(=O)O)ccc2c3=O)c1. The first-order chi connectivity index (χ1) is 14.0. The Morgan fingerprint density at radius 1 is 1.31 bits per heavy atom. The normalized spacial score (nSPS) is 14.2. The molecule has 1 aliphatic rings. The van der Waals surface area contributed by atoms with E-state index in [0.29, 0.717) is 35.6 Å². The van der Waals surface area contributed by atoms with Gasteiger partial charge in [-0.3, -0.25) is 14.2 Å². The van der Waals surface area contributed by atoms with Gasteiger partial charge in [0, 0.05) is 12.2 Å². The van der Waals surface area contributed by atoms with Gasteiger partial charge < -0.3 is 15.2 Å². The number of carboxylic acids is 1. The Kier molecular flexibility index (Phi) is 5.03. The highest BCUT2D eigenvalue weighted by atomic mass is 16.5. The number of anilines is 1. The molecule has 0 bridgehead atoms. The number of hydrogen-bond acceptors (Lipinski definition) is 5. The summed E-state index contributed by atoms with van der Waals surface area (Å²) in [6.07, 6.45) is 2.76. The molecule has 4 rings (SSSR count). The third-order valence-electron chi connectivity index (χ3n) is 4.80. The molecule has 7 nitrogen and oxygen atoms in total. The number of carboxylic acid groups (broad SMARTS) is 1. The fourth-order valence-corrected chi connectivity index (χ4v) is 3.50. The molecule has 7 heteroatoms. The summed E-state index contributed by atoms with van der Waals surface area (Å²) in [6, 6.07) is 12.9. The van der Waals surface area contributed by atoms with Gasteiger partial charge >= 0.3 is 5.97 Å². The summed E-state index contributed by atoms with van der Waals surface area (Å²) in [4.78, 5) is 28.4. The van der Waals surface area contributed by atoms with Crippen molar-refractivity contribution < 1.29 is 14.6 Å². The number of hydrogen-bond donors (Lipinski definition) is 2. The highest BCUT2D eigenvalue weighted by Crippen LogP contribution is 2.29. The van der Waals surface area contributed by atoms with Crippen molar-refractivity contribution in [3.05, 3.63) is 64.2 Å². The van der Waals surface area contributed by atoms with Crippen molar-refractivity contribution in [3.63, 3.8) is 0 Å². The van der Waals surface area contributed by atoms with E-state index in [9.17, 15) is 9.59 Å². The molecular weight excluding hydrogens is 370 g/mol. The number of ether oxygens (including phenoxy) is 1. The lowest BCUT2D eigenvalue weighted by Gasteiger charge is -2.08. The number of nitrogens with one attached hydrogen (secondary N) is 1. The van der Waals surface area contributed by atoms with Crippen molar-refractivity contribution in [2.75, 3.05) is 18.5 Å². The van der Waals surface area contributed by atoms with Gasteiger partial charge in [-0.2, -0.15) is 0 Å². The van der Waals surface area contributed by atoms with Crippen LogP contribution in [-0.4, -0.2) is 33.8 Å². The summed E-state index contributed by atoms with van der Waals surface area (Å²) in [5.41, 5.74) is 3.06. The van der Waals surface area contributed by atoms with Crippen LogP contribution in [-0.2, 0) is 11.3 Å². The first-order valence-corrected chi connectivity index (χ1v) is 9.49. The van der Waals surface area contributed by atoms with E-state index >= 15 is 0 Å². The zero-order valence-corrected chi connectivity index (χ0v) is 16.0. The molecular formula is C22H21N3O4. The number of nitrogens with zero attached hydrogens (tertiary/aromatic N) is 2. The molecule has 0 spiro atoms. The second-order valence-electron chi connectivity index (χ2n) is 6.80. The maximum atomic E-state index is 12.9. The lowest BCUT2D eigenvalue weighted by atomic mass is 10.1. The maximum absolute atomic E-state index is 12.9. The first-order valence-electron chi connectivity index (χ1n) is 9.49. The van der Waals surface area contributed by atoms with Crippen molar-refractivity contribution in [1.29, 1.82) is 0 Å². The molecule has 0 amide bonds. The van der Waals surface area contributed by atoms with Gasteiger partial charge in [-0.05, 0) is 60.9 Å². The Bertz CT molecular complexity index is 1180. The number of carbonyl (C=O) groups is 1. The third-order valence-corrected chi connectivity index (χ3v) is 4.80. The molecule has 29 heavy (non-hydrogen) atoms. The first kappa shape index (κ1) is 18.7. The molecule has 0 radical (unpaired) electrons. The summed E-state index contributed by atoms with van der Waals surface area (Å²) < 4.78 is 7.26. The van der Waals surface area contributed by atoms with Crippen LogP contribution in [0.2, 0.25) is 0 Å². The predicted octanol–water partition coefficient (Wildman–Crippen LogP) is 3.24. The molecule has 1 aromatic heterocycles. The minimum Gasteiger partial charge on any atom is -0.494 e. The minimum absolute atomic E-state index is 0.0822. The summed E-state index contributed by atoms with van der Waals surface area (Å²) in [7, 11) is 0. The van der Waals surface area contributed by atoms with E-state index in [4.69, 9.17) is 14.8 Å². The largest absolute Gasteiger partial charge is 0.494 e. The van der Waals surface area contributed by atoms with Gasteiger partial charge in [-0.15, -0.1) is 0 Å². The molecule has 0 fully saturated rings. The van der Waals surface area contributed by atoms with Gasteiger partial charge in [0.1, 0.15) is 18.1 Å². The average molecular weight is 391 g/mol. The van der Waals surface area contributed by atoms with E-state index in [1.54, 1.807) is 22.8 Å². The maximum Gasteiger partial charge on any atom is 0.322 e. The van der Waals surface area contributed by atoms with Crippen LogP contribution in [0.25, 0.3) is 22.6 Å². The minimum atomic E-state index is -0.952. The van der Waals surface area contributed by atoms with Gasteiger partial charge in [0.05, 0.1) is 17.5 Å². The second-order valence-corrected chi connectivity index (χ2v) is 6.80. The van der Waals surface area contributed by atoms with Crippen molar-refractivity contribution in [3.8, 4) is 5.75 Å². The van der Waals surface area contributed by atoms with Crippen LogP contribution in [0.1, 0.15) is 24.7 Å². The van der Waals surface area contributed by atoms with Gasteiger partial charge in [-0.25, -0.2) is 4.98 Å². The molecule has 0 aliphatic carbocycles. The van der Waals surface area contributed by atoms with Crippen LogP contribution in [0.4, 0.5) is 5.69 Å². The van der Waals surface area contributed by atoms with Crippen LogP contribution >= 0.6 is 0 Å². The van der Waals surface area contributed by atoms with Crippen LogP contribution in [0, 0.1) is 0 Å². The van der Waals surface area contributed by atoms with Gasteiger partial charge in [0.25, 0.3) is 5.56 Å². The van der Waals surface area contributed by atoms with Crippen molar-refractivity contribution in [2.45, 2.75) is 19.9 Å². The van der Waals surface area contributed by atoms with Crippen LogP contribution in [0.5, 0.6) is 5.75 Å². The molecule has 2 heterocycles. The van der Waals surface area contributed by atoms with Gasteiger partial charge in [0.15, 0.2) is 0 Å². The second kappa shape index (κ2) is 7.79. The lowest BCUT2D eigenvalue weighted by Crippen LogP contribution is -2.21. The Hall–Kier alpha value is -3.61. The number of allylic oxidation sites excluding steroid dienone is 1. The highest BCUT2D eigenvalue weighted by molar-refractivity contribution is 5.87. The molecule has 0 unspecified atom stereocenters. The quantitative estimate of drug-likeness (QED) is 0.670. The molecule has 0 atom stereocenters. The molecule has 2 N–H and O–H groups in total. The molecule has 3 aromatic rings. The van der Waals surface area contributed by atoms with Crippen molar-refractivity contribution in [1.82, 2.24) is 9.55 Å². The zero-order chi connectivity index (χ0) is 20.4. The summed E-state index contributed by atoms with van der Waals surface area (Å²) in [5.74, 6) is 0.504. The number of rotatable bonds is 6. The Morgan fingerprint density at radius 3 is 2.97 bits per heavy atom. The standard InChI is InChI=1S/C22H21N3O4/c1-2-29-17-5-3-4-14(11-17)10-15-8-9-25-21(15)24-19-12-16(23-13-20(26)27)6-7-18(19)22(25)28/h3-7,10-12,23H,2,8-9,13H2,1H3,(H,26,27). The molecule has 0 saturated heterocycles. The summed E-state index contributed by atoms with van der Waals surface area (Å²) in [6.45, 7) is 2.94. The van der Waals surface area contributed by atoms with E-state index in [1.807, 2.05) is 37.3 Å².